The Morgan fingerprint density at radius 1 is 1.26 bits per heavy atom. The molecule has 4 atom stereocenters. The van der Waals surface area contributed by atoms with Crippen molar-refractivity contribution in [3.63, 3.8) is 0 Å². The molecule has 0 aromatic rings. The van der Waals surface area contributed by atoms with E-state index in [2.05, 4.69) is 6.92 Å². The lowest BCUT2D eigenvalue weighted by Gasteiger charge is -2.29. The highest BCUT2D eigenvalue weighted by molar-refractivity contribution is 5.88. The van der Waals surface area contributed by atoms with Gasteiger partial charge in [-0.1, -0.05) is 31.1 Å². The first-order chi connectivity index (χ1) is 11.0. The van der Waals surface area contributed by atoms with E-state index in [0.29, 0.717) is 6.42 Å². The van der Waals surface area contributed by atoms with Gasteiger partial charge < -0.3 is 14.2 Å². The van der Waals surface area contributed by atoms with Gasteiger partial charge in [0, 0.05) is 12.0 Å². The van der Waals surface area contributed by atoms with Crippen LogP contribution in [0.4, 0.5) is 0 Å². The average Bonchev–Trinajstić information content (AvgIpc) is 2.79. The van der Waals surface area contributed by atoms with Crippen LogP contribution in [0, 0.1) is 17.8 Å². The van der Waals surface area contributed by atoms with Gasteiger partial charge in [0.05, 0.1) is 20.1 Å². The molecule has 0 amide bonds. The Balaban J connectivity index is 2.32. The van der Waals surface area contributed by atoms with Crippen LogP contribution < -0.4 is 0 Å². The lowest BCUT2D eigenvalue weighted by Crippen LogP contribution is -2.37. The van der Waals surface area contributed by atoms with Gasteiger partial charge in [0.2, 0.25) is 0 Å². The van der Waals surface area contributed by atoms with E-state index in [4.69, 9.17) is 14.2 Å². The molecule has 0 aromatic carbocycles. The second-order valence-electron chi connectivity index (χ2n) is 5.73. The molecule has 0 aromatic heterocycles. The molecule has 0 unspecified atom stereocenters. The molecule has 2 aliphatic rings. The number of carbonyl (C=O) groups excluding carboxylic acids is 3. The minimum Gasteiger partial charge on any atom is -0.469 e. The van der Waals surface area contributed by atoms with Gasteiger partial charge in [-0.25, -0.2) is 4.79 Å². The minimum atomic E-state index is -0.662. The van der Waals surface area contributed by atoms with Crippen molar-refractivity contribution in [3.8, 4) is 0 Å². The summed E-state index contributed by atoms with van der Waals surface area (Å²) < 4.78 is 14.9. The summed E-state index contributed by atoms with van der Waals surface area (Å²) in [5.41, 5.74) is 0.807. The summed E-state index contributed by atoms with van der Waals surface area (Å²) in [4.78, 5) is 35.6. The highest BCUT2D eigenvalue weighted by Crippen LogP contribution is 2.42. The summed E-state index contributed by atoms with van der Waals surface area (Å²) in [5, 5.41) is 0. The second kappa shape index (κ2) is 7.44. The number of hydrogen-bond donors (Lipinski definition) is 0. The van der Waals surface area contributed by atoms with E-state index in [1.54, 1.807) is 6.08 Å². The number of carbonyl (C=O) groups is 3. The van der Waals surface area contributed by atoms with E-state index >= 15 is 0 Å². The second-order valence-corrected chi connectivity index (χ2v) is 5.73. The van der Waals surface area contributed by atoms with Crippen molar-refractivity contribution in [2.24, 2.45) is 17.8 Å². The van der Waals surface area contributed by atoms with E-state index < -0.39 is 35.8 Å². The number of methoxy groups -OCH3 is 2. The zero-order valence-corrected chi connectivity index (χ0v) is 13.6. The molecule has 1 saturated heterocycles. The van der Waals surface area contributed by atoms with Crippen LogP contribution in [0.15, 0.2) is 23.8 Å². The van der Waals surface area contributed by atoms with Crippen LogP contribution in [0.3, 0.4) is 0 Å². The maximum Gasteiger partial charge on any atom is 0.330 e. The van der Waals surface area contributed by atoms with Gasteiger partial charge in [0.15, 0.2) is 0 Å². The van der Waals surface area contributed by atoms with Gasteiger partial charge in [0.1, 0.15) is 12.0 Å². The fourth-order valence-electron chi connectivity index (χ4n) is 3.16. The zero-order chi connectivity index (χ0) is 17.0. The van der Waals surface area contributed by atoms with Crippen LogP contribution in [0.1, 0.15) is 26.2 Å². The molecule has 126 valence electrons. The van der Waals surface area contributed by atoms with E-state index in [0.717, 1.165) is 18.4 Å². The predicted molar refractivity (Wildman–Crippen MR) is 81.1 cm³/mol. The van der Waals surface area contributed by atoms with Gasteiger partial charge >= 0.3 is 17.9 Å². The van der Waals surface area contributed by atoms with Crippen LogP contribution >= 0.6 is 0 Å². The van der Waals surface area contributed by atoms with Crippen molar-refractivity contribution in [2.45, 2.75) is 32.3 Å². The molecule has 0 radical (unpaired) electrons. The van der Waals surface area contributed by atoms with E-state index in [9.17, 15) is 14.4 Å². The average molecular weight is 322 g/mol. The molecule has 6 nitrogen and oxygen atoms in total. The largest absolute Gasteiger partial charge is 0.469 e. The maximum absolute atomic E-state index is 12.0. The summed E-state index contributed by atoms with van der Waals surface area (Å²) in [6.07, 6.45) is 6.87. The van der Waals surface area contributed by atoms with Crippen molar-refractivity contribution in [3.05, 3.63) is 23.8 Å². The van der Waals surface area contributed by atoms with Crippen molar-refractivity contribution in [1.29, 1.82) is 0 Å². The summed E-state index contributed by atoms with van der Waals surface area (Å²) >= 11 is 0. The molecule has 0 N–H and O–H groups in total. The van der Waals surface area contributed by atoms with E-state index in [1.807, 2.05) is 6.08 Å². The van der Waals surface area contributed by atoms with E-state index in [1.165, 1.54) is 20.3 Å². The highest BCUT2D eigenvalue weighted by atomic mass is 16.6. The SMILES string of the molecule is CCCC/C(=C\C(=O)OC)[C@@H]1C=C[C@@H]2C(=O)O[C@H]1[C@H]2C(=O)OC. The van der Waals surface area contributed by atoms with Crippen LogP contribution in [-0.2, 0) is 28.6 Å². The topological polar surface area (TPSA) is 78.9 Å². The fraction of sp³-hybridized carbons (Fsp3) is 0.588. The number of ether oxygens (including phenoxy) is 3. The molecule has 1 aliphatic heterocycles. The molecule has 2 bridgehead atoms. The molecule has 0 saturated carbocycles. The molecule has 1 fully saturated rings. The highest BCUT2D eigenvalue weighted by Gasteiger charge is 2.53. The van der Waals surface area contributed by atoms with Gasteiger partial charge in [-0.3, -0.25) is 9.59 Å². The van der Waals surface area contributed by atoms with Crippen LogP contribution in [-0.4, -0.2) is 38.2 Å². The Morgan fingerprint density at radius 2 is 2.00 bits per heavy atom. The van der Waals surface area contributed by atoms with E-state index in [-0.39, 0.29) is 5.92 Å². The Morgan fingerprint density at radius 3 is 2.61 bits per heavy atom. The normalized spacial score (nSPS) is 29.2. The Hall–Kier alpha value is -2.11. The fourth-order valence-corrected chi connectivity index (χ4v) is 3.16. The summed E-state index contributed by atoms with van der Waals surface area (Å²) in [6, 6.07) is 0. The molecular formula is C17H22O6. The third-order valence-electron chi connectivity index (χ3n) is 4.37. The summed E-state index contributed by atoms with van der Waals surface area (Å²) in [7, 11) is 2.61. The molecule has 2 rings (SSSR count). The molecule has 0 spiro atoms. The quantitative estimate of drug-likeness (QED) is 0.321. The predicted octanol–water partition coefficient (Wildman–Crippen LogP) is 1.79. The Bertz CT molecular complexity index is 547. The Labute approximate surface area is 135 Å². The Kier molecular flexibility index (Phi) is 5.58. The van der Waals surface area contributed by atoms with Crippen LogP contribution in [0.2, 0.25) is 0 Å². The third kappa shape index (κ3) is 3.46. The monoisotopic (exact) mass is 322 g/mol. The van der Waals surface area contributed by atoms with Crippen molar-refractivity contribution in [1.82, 2.24) is 0 Å². The van der Waals surface area contributed by atoms with Crippen molar-refractivity contribution >= 4 is 17.9 Å². The van der Waals surface area contributed by atoms with Crippen LogP contribution in [0.5, 0.6) is 0 Å². The number of fused-ring (bicyclic) bond motifs is 2. The van der Waals surface area contributed by atoms with Gasteiger partial charge in [-0.2, -0.15) is 0 Å². The molecule has 6 heteroatoms. The number of esters is 3. The van der Waals surface area contributed by atoms with Gasteiger partial charge in [-0.15, -0.1) is 0 Å². The van der Waals surface area contributed by atoms with Crippen LogP contribution in [0.25, 0.3) is 0 Å². The molecule has 1 aliphatic carbocycles. The van der Waals surface area contributed by atoms with Gasteiger partial charge in [0.25, 0.3) is 0 Å². The number of hydrogen-bond acceptors (Lipinski definition) is 6. The molecule has 23 heavy (non-hydrogen) atoms. The summed E-state index contributed by atoms with van der Waals surface area (Å²) in [6.45, 7) is 2.05. The van der Waals surface area contributed by atoms with Crippen molar-refractivity contribution < 1.29 is 28.6 Å². The smallest absolute Gasteiger partial charge is 0.330 e. The van der Waals surface area contributed by atoms with Gasteiger partial charge in [-0.05, 0) is 12.8 Å². The first-order valence-electron chi connectivity index (χ1n) is 7.78. The minimum absolute atomic E-state index is 0.313. The third-order valence-corrected chi connectivity index (χ3v) is 4.37. The number of unbranched alkanes of at least 4 members (excludes halogenated alkanes) is 1. The first kappa shape index (κ1) is 17.2. The molecular weight excluding hydrogens is 300 g/mol. The lowest BCUT2D eigenvalue weighted by atomic mass is 9.75. The standard InChI is InChI=1S/C17H22O6/c1-4-5-6-10(9-13(18)21-2)11-7-8-12-14(17(20)22-3)15(11)23-16(12)19/h7-9,11-12,14-15H,4-6H2,1-3H3/b10-9+/t11-,12-,14-,15+/m0/s1. The first-order valence-corrected chi connectivity index (χ1v) is 7.78. The van der Waals surface area contributed by atoms with Crippen molar-refractivity contribution in [2.75, 3.05) is 14.2 Å². The maximum atomic E-state index is 12.0. The zero-order valence-electron chi connectivity index (χ0n) is 13.6. The molecule has 1 heterocycles. The lowest BCUT2D eigenvalue weighted by molar-refractivity contribution is -0.149. The number of rotatable bonds is 6. The summed E-state index contributed by atoms with van der Waals surface area (Å²) in [5.74, 6) is -2.91.